The highest BCUT2D eigenvalue weighted by Crippen LogP contribution is 2.29. The van der Waals surface area contributed by atoms with E-state index in [1.165, 1.54) is 0 Å². The van der Waals surface area contributed by atoms with Gasteiger partial charge in [-0.3, -0.25) is 9.59 Å². The van der Waals surface area contributed by atoms with Gasteiger partial charge in [-0.2, -0.15) is 0 Å². The highest BCUT2D eigenvalue weighted by atomic mass is 16.2. The Kier molecular flexibility index (Phi) is 6.40. The summed E-state index contributed by atoms with van der Waals surface area (Å²) >= 11 is 0. The van der Waals surface area contributed by atoms with E-state index in [0.717, 1.165) is 50.3 Å². The number of benzene rings is 1. The predicted molar refractivity (Wildman–Crippen MR) is 92.4 cm³/mol. The minimum absolute atomic E-state index is 0.0275. The van der Waals surface area contributed by atoms with Crippen LogP contribution >= 0.6 is 0 Å². The van der Waals surface area contributed by atoms with Crippen molar-refractivity contribution in [1.82, 2.24) is 5.32 Å². The van der Waals surface area contributed by atoms with Crippen LogP contribution in [0.5, 0.6) is 0 Å². The van der Waals surface area contributed by atoms with Gasteiger partial charge in [0, 0.05) is 25.4 Å². The fraction of sp³-hybridized carbons (Fsp3) is 0.529. The van der Waals surface area contributed by atoms with Gasteiger partial charge in [0.2, 0.25) is 11.8 Å². The van der Waals surface area contributed by atoms with Gasteiger partial charge in [-0.1, -0.05) is 12.1 Å². The maximum atomic E-state index is 12.0. The van der Waals surface area contributed by atoms with Crippen molar-refractivity contribution in [2.75, 3.05) is 36.9 Å². The van der Waals surface area contributed by atoms with Crippen molar-refractivity contribution in [2.24, 2.45) is 11.7 Å². The standard InChI is InChI=1S/C17H26N4O2/c1-19-10-4-7-16(22)20-14-5-2-3-6-15(14)21-11-8-13(9-12-21)17(18)23/h2-3,5-6,13,19H,4,7-12H2,1H3,(H2,18,23)(H,20,22). The highest BCUT2D eigenvalue weighted by molar-refractivity contribution is 5.94. The number of carbonyl (C=O) groups is 2. The molecule has 0 saturated carbocycles. The molecule has 0 spiro atoms. The number of anilines is 2. The average Bonchev–Trinajstić information content (AvgIpc) is 2.56. The second-order valence-electron chi connectivity index (χ2n) is 5.94. The lowest BCUT2D eigenvalue weighted by molar-refractivity contribution is -0.122. The molecular formula is C17H26N4O2. The number of nitrogens with zero attached hydrogens (tertiary/aromatic N) is 1. The molecule has 1 aromatic rings. The maximum Gasteiger partial charge on any atom is 0.224 e. The first-order valence-corrected chi connectivity index (χ1v) is 8.19. The summed E-state index contributed by atoms with van der Waals surface area (Å²) in [6.07, 6.45) is 2.84. The molecule has 1 heterocycles. The SMILES string of the molecule is CNCCCC(=O)Nc1ccccc1N1CCC(C(N)=O)CC1. The van der Waals surface area contributed by atoms with Gasteiger partial charge >= 0.3 is 0 Å². The van der Waals surface area contributed by atoms with Crippen LogP contribution in [0.2, 0.25) is 0 Å². The Morgan fingerprint density at radius 2 is 1.96 bits per heavy atom. The molecule has 1 fully saturated rings. The third-order valence-corrected chi connectivity index (χ3v) is 4.25. The Morgan fingerprint density at radius 1 is 1.26 bits per heavy atom. The lowest BCUT2D eigenvalue weighted by atomic mass is 9.96. The fourth-order valence-corrected chi connectivity index (χ4v) is 2.90. The van der Waals surface area contributed by atoms with Crippen LogP contribution in [0.1, 0.15) is 25.7 Å². The van der Waals surface area contributed by atoms with Crippen LogP contribution in [0.4, 0.5) is 11.4 Å². The quantitative estimate of drug-likeness (QED) is 0.662. The molecule has 2 amide bonds. The topological polar surface area (TPSA) is 87.5 Å². The van der Waals surface area contributed by atoms with Crippen molar-refractivity contribution in [3.8, 4) is 0 Å². The number of piperidine rings is 1. The van der Waals surface area contributed by atoms with E-state index in [9.17, 15) is 9.59 Å². The minimum Gasteiger partial charge on any atom is -0.370 e. The van der Waals surface area contributed by atoms with Crippen molar-refractivity contribution >= 4 is 23.2 Å². The Bertz CT molecular complexity index is 539. The summed E-state index contributed by atoms with van der Waals surface area (Å²) in [7, 11) is 1.88. The molecule has 0 bridgehead atoms. The van der Waals surface area contributed by atoms with Crippen LogP contribution in [-0.2, 0) is 9.59 Å². The van der Waals surface area contributed by atoms with Crippen molar-refractivity contribution in [3.63, 3.8) is 0 Å². The van der Waals surface area contributed by atoms with Gasteiger partial charge in [0.1, 0.15) is 0 Å². The molecule has 1 aliphatic heterocycles. The first-order chi connectivity index (χ1) is 11.1. The molecule has 126 valence electrons. The molecule has 2 rings (SSSR count). The van der Waals surface area contributed by atoms with Crippen molar-refractivity contribution in [3.05, 3.63) is 24.3 Å². The Morgan fingerprint density at radius 3 is 2.61 bits per heavy atom. The summed E-state index contributed by atoms with van der Waals surface area (Å²) in [5, 5.41) is 6.04. The molecule has 6 nitrogen and oxygen atoms in total. The molecule has 1 saturated heterocycles. The van der Waals surface area contributed by atoms with Gasteiger partial charge in [0.05, 0.1) is 11.4 Å². The highest BCUT2D eigenvalue weighted by Gasteiger charge is 2.24. The summed E-state index contributed by atoms with van der Waals surface area (Å²) in [5.41, 5.74) is 7.23. The molecule has 1 aliphatic rings. The normalized spacial score (nSPS) is 15.4. The Hall–Kier alpha value is -2.08. The smallest absolute Gasteiger partial charge is 0.224 e. The summed E-state index contributed by atoms with van der Waals surface area (Å²) in [6.45, 7) is 2.39. The van der Waals surface area contributed by atoms with E-state index < -0.39 is 0 Å². The number of primary amides is 1. The molecule has 0 aliphatic carbocycles. The molecule has 1 aromatic carbocycles. The Balaban J connectivity index is 1.98. The number of carbonyl (C=O) groups excluding carboxylic acids is 2. The van der Waals surface area contributed by atoms with Crippen LogP contribution in [0.3, 0.4) is 0 Å². The van der Waals surface area contributed by atoms with Crippen LogP contribution in [0.25, 0.3) is 0 Å². The second-order valence-corrected chi connectivity index (χ2v) is 5.94. The number of hydrogen-bond acceptors (Lipinski definition) is 4. The third kappa shape index (κ3) is 4.96. The largest absolute Gasteiger partial charge is 0.370 e. The number of hydrogen-bond donors (Lipinski definition) is 3. The van der Waals surface area contributed by atoms with Crippen LogP contribution in [0, 0.1) is 5.92 Å². The van der Waals surface area contributed by atoms with E-state index in [2.05, 4.69) is 15.5 Å². The van der Waals surface area contributed by atoms with Gasteiger partial charge in [-0.25, -0.2) is 0 Å². The van der Waals surface area contributed by atoms with Gasteiger partial charge < -0.3 is 21.3 Å². The molecule has 23 heavy (non-hydrogen) atoms. The summed E-state index contributed by atoms with van der Waals surface area (Å²) in [5.74, 6) is -0.218. The van der Waals surface area contributed by atoms with E-state index in [1.807, 2.05) is 31.3 Å². The van der Waals surface area contributed by atoms with Gasteiger partial charge in [0.15, 0.2) is 0 Å². The van der Waals surface area contributed by atoms with Gasteiger partial charge in [0.25, 0.3) is 0 Å². The van der Waals surface area contributed by atoms with Crippen molar-refractivity contribution in [2.45, 2.75) is 25.7 Å². The number of para-hydroxylation sites is 2. The first kappa shape index (κ1) is 17.3. The van der Waals surface area contributed by atoms with E-state index >= 15 is 0 Å². The van der Waals surface area contributed by atoms with Gasteiger partial charge in [-0.05, 0) is 45.0 Å². The van der Waals surface area contributed by atoms with Crippen LogP contribution in [-0.4, -0.2) is 38.5 Å². The van der Waals surface area contributed by atoms with E-state index in [1.54, 1.807) is 0 Å². The zero-order valence-corrected chi connectivity index (χ0v) is 13.7. The lowest BCUT2D eigenvalue weighted by Gasteiger charge is -2.33. The molecule has 0 radical (unpaired) electrons. The minimum atomic E-state index is -0.212. The maximum absolute atomic E-state index is 12.0. The number of amides is 2. The molecule has 0 atom stereocenters. The van der Waals surface area contributed by atoms with E-state index in [-0.39, 0.29) is 17.7 Å². The Labute approximate surface area is 137 Å². The van der Waals surface area contributed by atoms with Crippen molar-refractivity contribution in [1.29, 1.82) is 0 Å². The lowest BCUT2D eigenvalue weighted by Crippen LogP contribution is -2.38. The zero-order chi connectivity index (χ0) is 16.7. The monoisotopic (exact) mass is 318 g/mol. The zero-order valence-electron chi connectivity index (χ0n) is 13.7. The average molecular weight is 318 g/mol. The number of rotatable bonds is 7. The van der Waals surface area contributed by atoms with E-state index in [4.69, 9.17) is 5.73 Å². The molecule has 4 N–H and O–H groups in total. The van der Waals surface area contributed by atoms with Crippen molar-refractivity contribution < 1.29 is 9.59 Å². The van der Waals surface area contributed by atoms with Gasteiger partial charge in [-0.15, -0.1) is 0 Å². The summed E-state index contributed by atoms with van der Waals surface area (Å²) in [4.78, 5) is 25.5. The number of nitrogens with one attached hydrogen (secondary N) is 2. The third-order valence-electron chi connectivity index (χ3n) is 4.25. The molecule has 0 aromatic heterocycles. The molecular weight excluding hydrogens is 292 g/mol. The summed E-state index contributed by atoms with van der Waals surface area (Å²) < 4.78 is 0. The summed E-state index contributed by atoms with van der Waals surface area (Å²) in [6, 6.07) is 7.81. The fourth-order valence-electron chi connectivity index (χ4n) is 2.90. The van der Waals surface area contributed by atoms with Crippen LogP contribution < -0.4 is 21.3 Å². The number of nitrogens with two attached hydrogens (primary N) is 1. The molecule has 0 unspecified atom stereocenters. The first-order valence-electron chi connectivity index (χ1n) is 8.19. The predicted octanol–water partition coefficient (Wildman–Crippen LogP) is 1.33. The van der Waals surface area contributed by atoms with Crippen LogP contribution in [0.15, 0.2) is 24.3 Å². The molecule has 6 heteroatoms. The van der Waals surface area contributed by atoms with E-state index in [0.29, 0.717) is 6.42 Å². The second kappa shape index (κ2) is 8.53.